The van der Waals surface area contributed by atoms with Crippen LogP contribution in [-0.4, -0.2) is 84.9 Å². The average Bonchev–Trinajstić information content (AvgIpc) is 3.08. The Hall–Kier alpha value is -4.19. The summed E-state index contributed by atoms with van der Waals surface area (Å²) in [6.45, 7) is 12.5. The summed E-state index contributed by atoms with van der Waals surface area (Å²) in [5, 5.41) is 7.05. The maximum atomic E-state index is 14.8. The standard InChI is InChI=1S/C37H48FN7O4/c1-22-20-44(21-33(46)39-22)35(41-31-17-25-16-29(23(31)2)37(25,3)4)40-26-7-9-28-32(18-26)42-36(43-12-14-49-15-13-43)45(34(28)47)11-10-24-6-8-27(48-5)19-30(24)38/h6-9,18-19,22-23,25,29,31H,10-17,20-21H2,1-5H3,(H,39,46)(H,40,41)/t22-,23-,25+,29-,31-/m0/s1. The molecule has 3 heterocycles. The van der Waals surface area contributed by atoms with Crippen LogP contribution in [-0.2, 0) is 22.5 Å². The number of amides is 1. The summed E-state index contributed by atoms with van der Waals surface area (Å²) in [6.07, 6.45) is 2.62. The zero-order valence-electron chi connectivity index (χ0n) is 29.2. The number of guanidine groups is 1. The number of halogens is 1. The van der Waals surface area contributed by atoms with Crippen LogP contribution in [0.5, 0.6) is 5.75 Å². The van der Waals surface area contributed by atoms with Crippen LogP contribution in [0.15, 0.2) is 46.2 Å². The van der Waals surface area contributed by atoms with E-state index in [0.29, 0.717) is 96.6 Å². The lowest BCUT2D eigenvalue weighted by molar-refractivity contribution is -0.124. The summed E-state index contributed by atoms with van der Waals surface area (Å²) in [5.41, 5.74) is 1.97. The summed E-state index contributed by atoms with van der Waals surface area (Å²) in [6, 6.07) is 10.5. The molecule has 3 aliphatic carbocycles. The second-order valence-electron chi connectivity index (χ2n) is 14.9. The molecule has 0 spiro atoms. The number of hydrogen-bond donors (Lipinski definition) is 2. The number of nitrogens with zero attached hydrogens (tertiary/aromatic N) is 5. The van der Waals surface area contributed by atoms with Crippen LogP contribution in [0.4, 0.5) is 16.0 Å². The molecule has 2 bridgehead atoms. The van der Waals surface area contributed by atoms with Gasteiger partial charge in [-0.3, -0.25) is 14.2 Å². The van der Waals surface area contributed by atoms with Gasteiger partial charge in [-0.15, -0.1) is 0 Å². The van der Waals surface area contributed by atoms with Crippen LogP contribution in [0.2, 0.25) is 0 Å². The van der Waals surface area contributed by atoms with E-state index in [-0.39, 0.29) is 42.5 Å². The van der Waals surface area contributed by atoms with Gasteiger partial charge in [0, 0.05) is 44.0 Å². The van der Waals surface area contributed by atoms with Crippen molar-refractivity contribution in [3.05, 3.63) is 58.1 Å². The van der Waals surface area contributed by atoms with Gasteiger partial charge in [-0.2, -0.15) is 0 Å². The van der Waals surface area contributed by atoms with Gasteiger partial charge in [-0.25, -0.2) is 14.4 Å². The zero-order valence-corrected chi connectivity index (χ0v) is 29.2. The van der Waals surface area contributed by atoms with E-state index in [4.69, 9.17) is 19.5 Å². The quantitative estimate of drug-likeness (QED) is 0.283. The Morgan fingerprint density at radius 2 is 1.94 bits per heavy atom. The molecule has 3 saturated carbocycles. The average molecular weight is 674 g/mol. The van der Waals surface area contributed by atoms with Crippen LogP contribution >= 0.6 is 0 Å². The molecule has 0 unspecified atom stereocenters. The fourth-order valence-electron chi connectivity index (χ4n) is 8.45. The fourth-order valence-corrected chi connectivity index (χ4v) is 8.45. The van der Waals surface area contributed by atoms with Gasteiger partial charge < -0.3 is 29.9 Å². The molecular formula is C37H48FN7O4. The Kier molecular flexibility index (Phi) is 9.02. The van der Waals surface area contributed by atoms with Crippen LogP contribution in [0.1, 0.15) is 46.1 Å². The number of piperazine rings is 1. The summed E-state index contributed by atoms with van der Waals surface area (Å²) in [5.74, 6) is 3.00. The van der Waals surface area contributed by atoms with Crippen molar-refractivity contribution in [2.45, 2.75) is 65.6 Å². The number of ether oxygens (including phenoxy) is 2. The molecule has 3 aromatic rings. The summed E-state index contributed by atoms with van der Waals surface area (Å²) >= 11 is 0. The third-order valence-corrected chi connectivity index (χ3v) is 11.5. The number of morpholine rings is 1. The molecule has 49 heavy (non-hydrogen) atoms. The molecule has 2 saturated heterocycles. The second-order valence-corrected chi connectivity index (χ2v) is 14.9. The number of nitrogens with one attached hydrogen (secondary N) is 2. The summed E-state index contributed by atoms with van der Waals surface area (Å²) in [4.78, 5) is 41.2. The number of carbonyl (C=O) groups excluding carboxylic acids is 1. The van der Waals surface area contributed by atoms with Crippen molar-refractivity contribution >= 4 is 34.4 Å². The van der Waals surface area contributed by atoms with Crippen molar-refractivity contribution in [3.63, 3.8) is 0 Å². The molecule has 1 amide bonds. The van der Waals surface area contributed by atoms with E-state index in [2.05, 4.69) is 36.3 Å². The Labute approximate surface area is 286 Å². The lowest BCUT2D eigenvalue weighted by atomic mass is 9.45. The molecule has 0 radical (unpaired) electrons. The first-order valence-electron chi connectivity index (χ1n) is 17.6. The van der Waals surface area contributed by atoms with Crippen LogP contribution in [0.3, 0.4) is 0 Å². The van der Waals surface area contributed by atoms with Crippen LogP contribution in [0.25, 0.3) is 10.9 Å². The molecule has 2 N–H and O–H groups in total. The molecule has 12 heteroatoms. The van der Waals surface area contributed by atoms with Gasteiger partial charge in [-0.05, 0) is 79.2 Å². The summed E-state index contributed by atoms with van der Waals surface area (Å²) < 4.78 is 27.3. The van der Waals surface area contributed by atoms with Gasteiger partial charge in [0.2, 0.25) is 11.9 Å². The third kappa shape index (κ3) is 6.47. The highest BCUT2D eigenvalue weighted by Crippen LogP contribution is 2.61. The number of carbonyl (C=O) groups is 1. The predicted molar refractivity (Wildman–Crippen MR) is 189 cm³/mol. The number of methoxy groups -OCH3 is 1. The lowest BCUT2D eigenvalue weighted by Gasteiger charge is -2.61. The maximum absolute atomic E-state index is 14.8. The highest BCUT2D eigenvalue weighted by Gasteiger charge is 2.56. The molecule has 5 aliphatic rings. The van der Waals surface area contributed by atoms with Gasteiger partial charge >= 0.3 is 0 Å². The minimum atomic E-state index is -0.369. The third-order valence-electron chi connectivity index (χ3n) is 11.5. The fraction of sp³-hybridized carbons (Fsp3) is 0.568. The van der Waals surface area contributed by atoms with E-state index in [1.165, 1.54) is 19.6 Å². The SMILES string of the molecule is COc1ccc(CCn2c(N3CCOCC3)nc3cc(N/C(=N/[C@H]4C[C@H]5C[C@@H]([C@@H]4C)C5(C)C)N4CC(=O)N[C@@H](C)C4)ccc3c2=O)c(F)c1. The smallest absolute Gasteiger partial charge is 0.262 e. The first kappa shape index (κ1) is 33.3. The monoisotopic (exact) mass is 673 g/mol. The number of hydrogen-bond acceptors (Lipinski definition) is 7. The van der Waals surface area contributed by atoms with Crippen LogP contribution < -0.4 is 25.8 Å². The first-order chi connectivity index (χ1) is 23.5. The molecular weight excluding hydrogens is 625 g/mol. The van der Waals surface area contributed by atoms with E-state index < -0.39 is 0 Å². The van der Waals surface area contributed by atoms with Gasteiger partial charge in [-0.1, -0.05) is 26.8 Å². The normalized spacial score (nSPS) is 26.7. The van der Waals surface area contributed by atoms with Crippen molar-refractivity contribution in [2.75, 3.05) is 56.7 Å². The van der Waals surface area contributed by atoms with Crippen molar-refractivity contribution in [3.8, 4) is 5.75 Å². The van der Waals surface area contributed by atoms with Gasteiger partial charge in [0.15, 0.2) is 5.96 Å². The van der Waals surface area contributed by atoms with E-state index in [0.717, 1.165) is 12.1 Å². The van der Waals surface area contributed by atoms with E-state index in [1.54, 1.807) is 22.8 Å². The number of benzene rings is 2. The molecule has 262 valence electrons. The molecule has 5 fully saturated rings. The van der Waals surface area contributed by atoms with Gasteiger partial charge in [0.1, 0.15) is 11.6 Å². The molecule has 5 atom stereocenters. The Morgan fingerprint density at radius 3 is 2.63 bits per heavy atom. The number of aromatic nitrogens is 2. The largest absolute Gasteiger partial charge is 0.497 e. The lowest BCUT2D eigenvalue weighted by Crippen LogP contribution is -2.58. The summed E-state index contributed by atoms with van der Waals surface area (Å²) in [7, 11) is 1.50. The zero-order chi connectivity index (χ0) is 34.4. The Balaban J connectivity index is 1.22. The number of anilines is 2. The molecule has 2 aromatic carbocycles. The number of aryl methyl sites for hydroxylation is 1. The Bertz CT molecular complexity index is 1820. The minimum Gasteiger partial charge on any atom is -0.497 e. The van der Waals surface area contributed by atoms with Crippen molar-refractivity contribution < 1.29 is 18.7 Å². The van der Waals surface area contributed by atoms with Gasteiger partial charge in [0.05, 0.1) is 43.8 Å². The van der Waals surface area contributed by atoms with E-state index in [1.807, 2.05) is 24.0 Å². The van der Waals surface area contributed by atoms with E-state index in [9.17, 15) is 14.0 Å². The molecule has 2 aliphatic heterocycles. The first-order valence-corrected chi connectivity index (χ1v) is 17.6. The molecule has 8 rings (SSSR count). The highest BCUT2D eigenvalue weighted by atomic mass is 19.1. The highest BCUT2D eigenvalue weighted by molar-refractivity contribution is 5.98. The van der Waals surface area contributed by atoms with Gasteiger partial charge in [0.25, 0.3) is 5.56 Å². The van der Waals surface area contributed by atoms with Crippen LogP contribution in [0, 0.1) is 29.0 Å². The Morgan fingerprint density at radius 1 is 1.14 bits per heavy atom. The second kappa shape index (κ2) is 13.3. The minimum absolute atomic E-state index is 0.0106. The van der Waals surface area contributed by atoms with Crippen molar-refractivity contribution in [1.82, 2.24) is 19.8 Å². The number of rotatable bonds is 7. The number of fused-ring (bicyclic) bond motifs is 3. The molecule has 1 aromatic heterocycles. The van der Waals surface area contributed by atoms with E-state index >= 15 is 0 Å². The maximum Gasteiger partial charge on any atom is 0.262 e. The van der Waals surface area contributed by atoms with Crippen molar-refractivity contribution in [1.29, 1.82) is 0 Å². The number of aliphatic imine (C=N–C) groups is 1. The molecule has 11 nitrogen and oxygen atoms in total. The predicted octanol–water partition coefficient (Wildman–Crippen LogP) is 4.28. The topological polar surface area (TPSA) is 113 Å². The van der Waals surface area contributed by atoms with Crippen molar-refractivity contribution in [2.24, 2.45) is 28.2 Å².